The SMILES string of the molecule is CC[C@H](C(=O)NC1CCCCC1)N(Cc1ccc(Cl)cc1Cl)C(=O)CN(c1cc([N+](=O)[O-])ccc1C)S(C)(=O)=O. The second-order valence-corrected chi connectivity index (χ2v) is 12.8. The molecule has 0 unspecified atom stereocenters. The van der Waals surface area contributed by atoms with E-state index in [4.69, 9.17) is 23.2 Å². The van der Waals surface area contributed by atoms with Gasteiger partial charge in [0.25, 0.3) is 5.69 Å². The van der Waals surface area contributed by atoms with Crippen LogP contribution in [0.2, 0.25) is 10.0 Å². The van der Waals surface area contributed by atoms with Gasteiger partial charge in [0.15, 0.2) is 0 Å². The van der Waals surface area contributed by atoms with E-state index in [1.807, 2.05) is 0 Å². The predicted molar refractivity (Wildman–Crippen MR) is 156 cm³/mol. The molecule has 10 nitrogen and oxygen atoms in total. The van der Waals surface area contributed by atoms with Crippen molar-refractivity contribution in [3.8, 4) is 0 Å². The summed E-state index contributed by atoms with van der Waals surface area (Å²) in [5, 5.41) is 15.1. The molecule has 1 atom stereocenters. The number of rotatable bonds is 11. The molecule has 0 bridgehead atoms. The summed E-state index contributed by atoms with van der Waals surface area (Å²) in [6.07, 6.45) is 6.03. The van der Waals surface area contributed by atoms with Crippen molar-refractivity contribution in [3.63, 3.8) is 0 Å². The number of carbonyl (C=O) groups excluding carboxylic acids is 2. The molecule has 3 rings (SSSR count). The Labute approximate surface area is 244 Å². The third-order valence-electron chi connectivity index (χ3n) is 7.04. The van der Waals surface area contributed by atoms with Crippen molar-refractivity contribution in [2.45, 2.75) is 71.0 Å². The van der Waals surface area contributed by atoms with Crippen molar-refractivity contribution in [1.82, 2.24) is 10.2 Å². The van der Waals surface area contributed by atoms with E-state index < -0.39 is 33.4 Å². The number of nitrogens with one attached hydrogen (secondary N) is 1. The van der Waals surface area contributed by atoms with Crippen molar-refractivity contribution < 1.29 is 22.9 Å². The van der Waals surface area contributed by atoms with Crippen molar-refractivity contribution in [2.75, 3.05) is 17.1 Å². The Morgan fingerprint density at radius 2 is 1.80 bits per heavy atom. The molecule has 1 fully saturated rings. The first-order valence-corrected chi connectivity index (χ1v) is 15.7. The van der Waals surface area contributed by atoms with E-state index in [0.29, 0.717) is 21.2 Å². The van der Waals surface area contributed by atoms with E-state index >= 15 is 0 Å². The molecule has 0 saturated heterocycles. The third-order valence-corrected chi connectivity index (χ3v) is 8.76. The second kappa shape index (κ2) is 13.6. The first-order chi connectivity index (χ1) is 18.8. The highest BCUT2D eigenvalue weighted by Crippen LogP contribution is 2.29. The van der Waals surface area contributed by atoms with Crippen LogP contribution in [0.1, 0.15) is 56.6 Å². The van der Waals surface area contributed by atoms with E-state index in [1.165, 1.54) is 23.1 Å². The monoisotopic (exact) mass is 612 g/mol. The van der Waals surface area contributed by atoms with Gasteiger partial charge < -0.3 is 10.2 Å². The number of halogens is 2. The third kappa shape index (κ3) is 8.08. The number of carbonyl (C=O) groups is 2. The van der Waals surface area contributed by atoms with Gasteiger partial charge in [-0.25, -0.2) is 8.42 Å². The molecule has 2 amide bonds. The van der Waals surface area contributed by atoms with Crippen LogP contribution in [-0.4, -0.2) is 54.9 Å². The van der Waals surface area contributed by atoms with Crippen LogP contribution in [-0.2, 0) is 26.2 Å². The molecular formula is C27H34Cl2N4O6S. The molecule has 218 valence electrons. The first-order valence-electron chi connectivity index (χ1n) is 13.1. The zero-order valence-electron chi connectivity index (χ0n) is 22.7. The molecule has 0 aromatic heterocycles. The second-order valence-electron chi connectivity index (χ2n) is 10.0. The van der Waals surface area contributed by atoms with Gasteiger partial charge in [-0.3, -0.25) is 24.0 Å². The van der Waals surface area contributed by atoms with E-state index in [1.54, 1.807) is 26.0 Å². The Morgan fingerprint density at radius 3 is 2.38 bits per heavy atom. The molecule has 40 heavy (non-hydrogen) atoms. The predicted octanol–water partition coefficient (Wildman–Crippen LogP) is 5.23. The summed E-state index contributed by atoms with van der Waals surface area (Å²) in [6.45, 7) is 2.63. The number of hydrogen-bond donors (Lipinski definition) is 1. The van der Waals surface area contributed by atoms with Crippen LogP contribution >= 0.6 is 23.2 Å². The number of amides is 2. The Kier molecular flexibility index (Phi) is 10.8. The number of hydrogen-bond acceptors (Lipinski definition) is 6. The zero-order valence-corrected chi connectivity index (χ0v) is 25.1. The largest absolute Gasteiger partial charge is 0.352 e. The lowest BCUT2D eigenvalue weighted by atomic mass is 9.95. The van der Waals surface area contributed by atoms with E-state index in [2.05, 4.69) is 5.32 Å². The molecule has 13 heteroatoms. The van der Waals surface area contributed by atoms with Crippen molar-refractivity contribution in [2.24, 2.45) is 0 Å². The van der Waals surface area contributed by atoms with Crippen LogP contribution in [0, 0.1) is 17.0 Å². The fraction of sp³-hybridized carbons (Fsp3) is 0.481. The van der Waals surface area contributed by atoms with Gasteiger partial charge in [-0.1, -0.05) is 61.5 Å². The Morgan fingerprint density at radius 1 is 1.12 bits per heavy atom. The fourth-order valence-electron chi connectivity index (χ4n) is 4.87. The molecule has 1 aliphatic carbocycles. The van der Waals surface area contributed by atoms with E-state index in [9.17, 15) is 28.1 Å². The maximum absolute atomic E-state index is 13.9. The molecule has 1 N–H and O–H groups in total. The lowest BCUT2D eigenvalue weighted by Gasteiger charge is -2.34. The minimum Gasteiger partial charge on any atom is -0.352 e. The number of aryl methyl sites for hydroxylation is 1. The minimum absolute atomic E-state index is 0.00593. The standard InChI is InChI=1S/C27H34Cl2N4O6S/c1-4-24(27(35)30-21-8-6-5-7-9-21)31(16-19-11-12-20(28)14-23(19)29)26(34)17-32(40(3,38)39)25-15-22(33(36)37)13-10-18(25)2/h10-15,21,24H,4-9,16-17H2,1-3H3,(H,30,35)/t24-/m1/s1. The Balaban J connectivity index is 2.00. The zero-order chi connectivity index (χ0) is 29.6. The highest BCUT2D eigenvalue weighted by Gasteiger charge is 2.34. The van der Waals surface area contributed by atoms with Crippen LogP contribution in [0.3, 0.4) is 0 Å². The van der Waals surface area contributed by atoms with E-state index in [0.717, 1.165) is 48.7 Å². The summed E-state index contributed by atoms with van der Waals surface area (Å²) in [6, 6.07) is 7.70. The van der Waals surface area contributed by atoms with E-state index in [-0.39, 0.29) is 36.3 Å². The van der Waals surface area contributed by atoms with Crippen LogP contribution in [0.25, 0.3) is 0 Å². The summed E-state index contributed by atoms with van der Waals surface area (Å²) in [7, 11) is -4.05. The van der Waals surface area contributed by atoms with Gasteiger partial charge in [-0.2, -0.15) is 0 Å². The summed E-state index contributed by atoms with van der Waals surface area (Å²) >= 11 is 12.5. The lowest BCUT2D eigenvalue weighted by molar-refractivity contribution is -0.384. The molecule has 0 aliphatic heterocycles. The topological polar surface area (TPSA) is 130 Å². The number of benzene rings is 2. The van der Waals surface area contributed by atoms with Crippen molar-refractivity contribution in [1.29, 1.82) is 0 Å². The quantitative estimate of drug-likeness (QED) is 0.273. The number of nitro groups is 1. The molecule has 1 aliphatic rings. The van der Waals surface area contributed by atoms with Gasteiger partial charge in [0, 0.05) is 34.8 Å². The summed E-state index contributed by atoms with van der Waals surface area (Å²) < 4.78 is 26.6. The number of nitro benzene ring substituents is 1. The smallest absolute Gasteiger partial charge is 0.271 e. The fourth-order valence-corrected chi connectivity index (χ4v) is 6.24. The van der Waals surface area contributed by atoms with Crippen LogP contribution in [0.5, 0.6) is 0 Å². The molecule has 2 aromatic carbocycles. The normalized spacial score (nSPS) is 14.8. The highest BCUT2D eigenvalue weighted by atomic mass is 35.5. The number of sulfonamides is 1. The summed E-state index contributed by atoms with van der Waals surface area (Å²) in [5.74, 6) is -0.988. The van der Waals surface area contributed by atoms with Gasteiger partial charge >= 0.3 is 0 Å². The van der Waals surface area contributed by atoms with Crippen molar-refractivity contribution >= 4 is 56.4 Å². The number of non-ortho nitro benzene ring substituents is 1. The number of anilines is 1. The summed E-state index contributed by atoms with van der Waals surface area (Å²) in [5.41, 5.74) is 0.651. The lowest BCUT2D eigenvalue weighted by Crippen LogP contribution is -2.54. The molecule has 1 saturated carbocycles. The molecule has 2 aromatic rings. The van der Waals surface area contributed by atoms with Gasteiger partial charge in [0.1, 0.15) is 12.6 Å². The maximum Gasteiger partial charge on any atom is 0.271 e. The first kappa shape index (κ1) is 31.6. The maximum atomic E-state index is 13.9. The molecule has 0 radical (unpaired) electrons. The van der Waals surface area contributed by atoms with Crippen LogP contribution < -0.4 is 9.62 Å². The molecule has 0 heterocycles. The average Bonchev–Trinajstić information content (AvgIpc) is 2.88. The Hall–Kier alpha value is -2.89. The summed E-state index contributed by atoms with van der Waals surface area (Å²) in [4.78, 5) is 39.5. The van der Waals surface area contributed by atoms with Gasteiger partial charge in [0.05, 0.1) is 16.9 Å². The Bertz CT molecular complexity index is 1360. The van der Waals surface area contributed by atoms with Crippen LogP contribution in [0.4, 0.5) is 11.4 Å². The average molecular weight is 614 g/mol. The van der Waals surface area contributed by atoms with Gasteiger partial charge in [0.2, 0.25) is 21.8 Å². The van der Waals surface area contributed by atoms with Gasteiger partial charge in [-0.05, 0) is 49.4 Å². The highest BCUT2D eigenvalue weighted by molar-refractivity contribution is 7.92. The minimum atomic E-state index is -4.05. The van der Waals surface area contributed by atoms with Crippen molar-refractivity contribution in [3.05, 3.63) is 67.7 Å². The molecule has 0 spiro atoms. The molecular weight excluding hydrogens is 579 g/mol. The van der Waals surface area contributed by atoms with Crippen LogP contribution in [0.15, 0.2) is 36.4 Å². The van der Waals surface area contributed by atoms with Gasteiger partial charge in [-0.15, -0.1) is 0 Å². The number of nitrogens with zero attached hydrogens (tertiary/aromatic N) is 3.